The van der Waals surface area contributed by atoms with Crippen molar-refractivity contribution in [3.05, 3.63) is 12.2 Å². The van der Waals surface area contributed by atoms with Crippen molar-refractivity contribution >= 4 is 24.4 Å². The molecule has 0 radical (unpaired) electrons. The monoisotopic (exact) mass is 421 g/mol. The van der Waals surface area contributed by atoms with Gasteiger partial charge in [0.05, 0.1) is 25.1 Å². The highest BCUT2D eigenvalue weighted by Gasteiger charge is 2.76. The van der Waals surface area contributed by atoms with Crippen molar-refractivity contribution in [1.29, 1.82) is 0 Å². The number of hydrogen-bond acceptors (Lipinski definition) is 8. The molecule has 158 valence electrons. The molecule has 0 spiro atoms. The van der Waals surface area contributed by atoms with Crippen LogP contribution in [0.5, 0.6) is 0 Å². The number of aromatic nitrogens is 4. The van der Waals surface area contributed by atoms with Gasteiger partial charge in [-0.3, -0.25) is 4.57 Å². The maximum Gasteiger partial charge on any atom is 0.200 e. The molecule has 0 amide bonds. The maximum atomic E-state index is 13.1. The molecule has 0 aromatic carbocycles. The molecule has 1 saturated heterocycles. The van der Waals surface area contributed by atoms with Crippen molar-refractivity contribution in [2.75, 3.05) is 25.2 Å². The molecule has 0 bridgehead atoms. The number of rotatable bonds is 5. The molecule has 2 N–H and O–H groups in total. The first-order chi connectivity index (χ1) is 13.6. The zero-order valence-electron chi connectivity index (χ0n) is 17.5. The van der Waals surface area contributed by atoms with E-state index in [0.717, 1.165) is 6.42 Å². The van der Waals surface area contributed by atoms with Gasteiger partial charge in [-0.2, -0.15) is 0 Å². The number of hydrogen-bond donors (Lipinski definition) is 1. The van der Waals surface area contributed by atoms with Crippen molar-refractivity contribution in [1.82, 2.24) is 19.5 Å². The van der Waals surface area contributed by atoms with Crippen molar-refractivity contribution < 1.29 is 18.6 Å². The van der Waals surface area contributed by atoms with E-state index in [4.69, 9.17) is 19.7 Å². The molecule has 3 fully saturated rings. The molecule has 2 aliphatic carbocycles. The van der Waals surface area contributed by atoms with Crippen LogP contribution >= 0.6 is 7.37 Å². The summed E-state index contributed by atoms with van der Waals surface area (Å²) in [7, 11) is -2.73. The van der Waals surface area contributed by atoms with Crippen molar-refractivity contribution in [2.45, 2.75) is 58.2 Å². The first-order valence-corrected chi connectivity index (χ1v) is 12.4. The highest BCUT2D eigenvalue weighted by atomic mass is 31.2. The van der Waals surface area contributed by atoms with Crippen LogP contribution in [0, 0.1) is 18.3 Å². The molecule has 3 aliphatic rings. The fourth-order valence-corrected chi connectivity index (χ4v) is 7.85. The lowest BCUT2D eigenvalue weighted by Gasteiger charge is -2.25. The minimum absolute atomic E-state index is 0.0119. The Labute approximate surface area is 169 Å². The normalized spacial score (nSPS) is 36.7. The standard InChI is InChI=1S/C19H28N5O4P/c1-6-26-29(5,25)8-19-7-11(19)13(14-15(19)28-18(3,4)27-14)24-9-21-12-16(20)22-10(2)23-17(12)24/h9,11,13-15H,6-8H2,1-5H3,(H2,20,22,23)/t11-,13-,14+,15+,19+,29?/m1/s1. The minimum atomic E-state index is -2.73. The second-order valence-corrected chi connectivity index (χ2v) is 11.7. The summed E-state index contributed by atoms with van der Waals surface area (Å²) < 4.78 is 33.4. The molecule has 2 aromatic rings. The Balaban J connectivity index is 1.58. The number of nitrogens with two attached hydrogens (primary N) is 1. The van der Waals surface area contributed by atoms with E-state index in [1.54, 1.807) is 13.0 Å². The summed E-state index contributed by atoms with van der Waals surface area (Å²) in [6.07, 6.45) is 2.88. The van der Waals surface area contributed by atoms with Gasteiger partial charge < -0.3 is 24.3 Å². The summed E-state index contributed by atoms with van der Waals surface area (Å²) in [6, 6.07) is -0.0119. The third-order valence-electron chi connectivity index (χ3n) is 6.49. The topological polar surface area (TPSA) is 114 Å². The highest BCUT2D eigenvalue weighted by molar-refractivity contribution is 7.58. The third-order valence-corrected chi connectivity index (χ3v) is 8.46. The SMILES string of the molecule is CCOP(C)(=O)C[C@@]12C[C@@H]1[C@@H](n1cnc3c(N)nc(C)nc31)[C@@H]1OC(C)(C)O[C@@H]12. The molecule has 10 heteroatoms. The van der Waals surface area contributed by atoms with Gasteiger partial charge in [0.25, 0.3) is 0 Å². The molecule has 6 atom stereocenters. The Bertz CT molecular complexity index is 1040. The smallest absolute Gasteiger partial charge is 0.200 e. The van der Waals surface area contributed by atoms with Gasteiger partial charge in [0.15, 0.2) is 17.3 Å². The molecule has 5 rings (SSSR count). The van der Waals surface area contributed by atoms with E-state index in [1.165, 1.54) is 0 Å². The zero-order valence-corrected chi connectivity index (χ0v) is 18.3. The summed E-state index contributed by atoms with van der Waals surface area (Å²) in [6.45, 7) is 9.72. The van der Waals surface area contributed by atoms with E-state index in [2.05, 4.69) is 19.5 Å². The van der Waals surface area contributed by atoms with Gasteiger partial charge in [-0.1, -0.05) is 0 Å². The lowest BCUT2D eigenvalue weighted by Crippen LogP contribution is -2.33. The number of fused-ring (bicyclic) bond motifs is 4. The summed E-state index contributed by atoms with van der Waals surface area (Å²) in [5.74, 6) is 0.543. The average Bonchev–Trinajstić information content (AvgIpc) is 2.87. The van der Waals surface area contributed by atoms with Gasteiger partial charge in [0.1, 0.15) is 17.4 Å². The Morgan fingerprint density at radius 2 is 2.14 bits per heavy atom. The molecular formula is C19H28N5O4P. The van der Waals surface area contributed by atoms with Crippen LogP contribution in [0.1, 0.15) is 39.1 Å². The van der Waals surface area contributed by atoms with Crippen LogP contribution < -0.4 is 5.73 Å². The van der Waals surface area contributed by atoms with Crippen LogP contribution in [0.15, 0.2) is 6.33 Å². The van der Waals surface area contributed by atoms with Crippen molar-refractivity contribution in [2.24, 2.45) is 11.3 Å². The molecule has 29 heavy (non-hydrogen) atoms. The van der Waals surface area contributed by atoms with Crippen LogP contribution in [0.4, 0.5) is 5.82 Å². The predicted molar refractivity (Wildman–Crippen MR) is 108 cm³/mol. The van der Waals surface area contributed by atoms with E-state index in [9.17, 15) is 4.57 Å². The van der Waals surface area contributed by atoms with Crippen molar-refractivity contribution in [3.63, 3.8) is 0 Å². The molecule has 9 nitrogen and oxygen atoms in total. The third kappa shape index (κ3) is 2.86. The van der Waals surface area contributed by atoms with Crippen LogP contribution in [0.25, 0.3) is 11.2 Å². The molecular weight excluding hydrogens is 393 g/mol. The number of anilines is 1. The Morgan fingerprint density at radius 1 is 1.38 bits per heavy atom. The summed E-state index contributed by atoms with van der Waals surface area (Å²) in [4.78, 5) is 13.3. The van der Waals surface area contributed by atoms with E-state index < -0.39 is 13.2 Å². The summed E-state index contributed by atoms with van der Waals surface area (Å²) in [5.41, 5.74) is 7.16. The van der Waals surface area contributed by atoms with Gasteiger partial charge in [-0.05, 0) is 40.0 Å². The second-order valence-electron chi connectivity index (χ2n) is 9.13. The number of nitrogen functional groups attached to an aromatic ring is 1. The first kappa shape index (κ1) is 19.4. The van der Waals surface area contributed by atoms with E-state index in [0.29, 0.717) is 35.6 Å². The minimum Gasteiger partial charge on any atom is -0.382 e. The van der Waals surface area contributed by atoms with E-state index in [-0.39, 0.29) is 29.6 Å². The van der Waals surface area contributed by atoms with Crippen LogP contribution in [0.3, 0.4) is 0 Å². The Kier molecular flexibility index (Phi) is 4.02. The lowest BCUT2D eigenvalue weighted by atomic mass is 10.0. The maximum absolute atomic E-state index is 13.1. The largest absolute Gasteiger partial charge is 0.382 e. The molecule has 2 saturated carbocycles. The zero-order chi connectivity index (χ0) is 20.8. The van der Waals surface area contributed by atoms with Crippen LogP contribution in [-0.4, -0.2) is 56.9 Å². The Morgan fingerprint density at radius 3 is 2.86 bits per heavy atom. The van der Waals surface area contributed by atoms with Crippen LogP contribution in [-0.2, 0) is 18.6 Å². The highest BCUT2D eigenvalue weighted by Crippen LogP contribution is 2.75. The number of aryl methyl sites for hydroxylation is 1. The van der Waals surface area contributed by atoms with Gasteiger partial charge in [0, 0.05) is 18.2 Å². The number of imidazole rings is 1. The lowest BCUT2D eigenvalue weighted by molar-refractivity contribution is -0.160. The van der Waals surface area contributed by atoms with Crippen LogP contribution in [0.2, 0.25) is 0 Å². The van der Waals surface area contributed by atoms with Gasteiger partial charge in [-0.25, -0.2) is 15.0 Å². The molecule has 2 aromatic heterocycles. The van der Waals surface area contributed by atoms with E-state index in [1.807, 2.05) is 27.7 Å². The predicted octanol–water partition coefficient (Wildman–Crippen LogP) is 2.74. The second kappa shape index (κ2) is 6.00. The van der Waals surface area contributed by atoms with E-state index >= 15 is 0 Å². The number of nitrogens with zero attached hydrogens (tertiary/aromatic N) is 4. The first-order valence-electron chi connectivity index (χ1n) is 10.1. The Hall–Kier alpha value is -1.54. The molecule has 3 heterocycles. The quantitative estimate of drug-likeness (QED) is 0.733. The summed E-state index contributed by atoms with van der Waals surface area (Å²) >= 11 is 0. The van der Waals surface area contributed by atoms with Crippen molar-refractivity contribution in [3.8, 4) is 0 Å². The van der Waals surface area contributed by atoms with Gasteiger partial charge in [0.2, 0.25) is 7.37 Å². The summed E-state index contributed by atoms with van der Waals surface area (Å²) in [5, 5.41) is 0. The fraction of sp³-hybridized carbons (Fsp3) is 0.737. The van der Waals surface area contributed by atoms with Gasteiger partial charge in [-0.15, -0.1) is 0 Å². The molecule has 1 aliphatic heterocycles. The number of ether oxygens (including phenoxy) is 2. The molecule has 1 unspecified atom stereocenters. The van der Waals surface area contributed by atoms with Gasteiger partial charge >= 0.3 is 0 Å². The fourth-order valence-electron chi connectivity index (χ4n) is 5.60. The average molecular weight is 421 g/mol.